The summed E-state index contributed by atoms with van der Waals surface area (Å²) in [6.07, 6.45) is 4.61. The molecule has 2 fully saturated rings. The van der Waals surface area contributed by atoms with Gasteiger partial charge < -0.3 is 29.2 Å². The number of fused-ring (bicyclic) bond motifs is 7. The topological polar surface area (TPSA) is 80.6 Å². The van der Waals surface area contributed by atoms with Crippen LogP contribution in [0.25, 0.3) is 0 Å². The maximum absolute atomic E-state index is 10.7. The molecule has 0 radical (unpaired) electrons. The van der Waals surface area contributed by atoms with E-state index in [-0.39, 0.29) is 18.2 Å². The zero-order valence-corrected chi connectivity index (χ0v) is 23.6. The Kier molecular flexibility index (Phi) is 6.42. The molecule has 7 atom stereocenters. The highest BCUT2D eigenvalue weighted by atomic mass is 16.7. The number of aryl methyl sites for hydroxylation is 1. The number of methoxy groups -OCH3 is 1. The van der Waals surface area contributed by atoms with Crippen LogP contribution in [0, 0.1) is 29.1 Å². The summed E-state index contributed by atoms with van der Waals surface area (Å²) in [4.78, 5) is 2.24. The standard InChI is InChI=1S/C33H39NO6/c1-33-12-10-23-22-9-7-21(15-19(22)6-8-24(23)25(33)17-27(35)32(33)36)38-14-4-5-26-29-20(11-13-34(26)2)16-28-30(31(29)37-3)40-18-39-28/h7,9,15-16,23-27,32,35-36H,6,8,10-14,17-18H2,1-3H3/t23-,24+,25+,26-,27+,32-,33-/m0/s1. The van der Waals surface area contributed by atoms with Gasteiger partial charge in [-0.3, -0.25) is 4.90 Å². The molecule has 2 N–H and O–H groups in total. The molecular weight excluding hydrogens is 506 g/mol. The molecule has 2 aromatic rings. The second-order valence-corrected chi connectivity index (χ2v) is 12.5. The smallest absolute Gasteiger partial charge is 0.231 e. The van der Waals surface area contributed by atoms with Crippen LogP contribution in [0.3, 0.4) is 0 Å². The Morgan fingerprint density at radius 1 is 1.12 bits per heavy atom. The molecule has 212 valence electrons. The lowest BCUT2D eigenvalue weighted by Gasteiger charge is -2.49. The number of likely N-dealkylation sites (N-methyl/N-ethyl adjacent to an activating group) is 1. The van der Waals surface area contributed by atoms with E-state index in [0.29, 0.717) is 30.1 Å². The molecule has 0 saturated heterocycles. The molecule has 40 heavy (non-hydrogen) atoms. The summed E-state index contributed by atoms with van der Waals surface area (Å²) in [6, 6.07) is 8.49. The Morgan fingerprint density at radius 2 is 2.00 bits per heavy atom. The highest BCUT2D eigenvalue weighted by Crippen LogP contribution is 2.61. The van der Waals surface area contributed by atoms with Gasteiger partial charge in [-0.2, -0.15) is 0 Å². The minimum absolute atomic E-state index is 0.109. The lowest BCUT2D eigenvalue weighted by Crippen LogP contribution is -2.44. The van der Waals surface area contributed by atoms with E-state index in [0.717, 1.165) is 67.9 Å². The van der Waals surface area contributed by atoms with Gasteiger partial charge in [0.15, 0.2) is 11.5 Å². The van der Waals surface area contributed by atoms with Crippen molar-refractivity contribution in [2.24, 2.45) is 17.3 Å². The van der Waals surface area contributed by atoms with E-state index >= 15 is 0 Å². The Labute approximate surface area is 236 Å². The molecule has 2 aliphatic heterocycles. The van der Waals surface area contributed by atoms with Crippen LogP contribution in [-0.2, 0) is 12.8 Å². The van der Waals surface area contributed by atoms with E-state index in [1.807, 2.05) is 0 Å². The van der Waals surface area contributed by atoms with Gasteiger partial charge in [0.1, 0.15) is 18.4 Å². The predicted molar refractivity (Wildman–Crippen MR) is 150 cm³/mol. The number of aliphatic hydroxyl groups excluding tert-OH is 2. The van der Waals surface area contributed by atoms with Crippen molar-refractivity contribution in [2.75, 3.05) is 34.1 Å². The Bertz CT molecular complexity index is 1380. The number of rotatable bonds is 3. The van der Waals surface area contributed by atoms with Gasteiger partial charge in [0.2, 0.25) is 12.5 Å². The van der Waals surface area contributed by atoms with Gasteiger partial charge in [0, 0.05) is 12.1 Å². The molecule has 7 heteroatoms. The fourth-order valence-corrected chi connectivity index (χ4v) is 8.51. The van der Waals surface area contributed by atoms with Crippen molar-refractivity contribution in [1.82, 2.24) is 4.90 Å². The third kappa shape index (κ3) is 3.99. The van der Waals surface area contributed by atoms with Gasteiger partial charge in [-0.1, -0.05) is 24.8 Å². The maximum Gasteiger partial charge on any atom is 0.231 e. The minimum Gasteiger partial charge on any atom is -0.492 e. The molecule has 7 rings (SSSR count). The van der Waals surface area contributed by atoms with Gasteiger partial charge in [-0.15, -0.1) is 0 Å². The van der Waals surface area contributed by atoms with Crippen LogP contribution in [0.1, 0.15) is 66.8 Å². The number of ether oxygens (including phenoxy) is 4. The van der Waals surface area contributed by atoms with Gasteiger partial charge in [-0.05, 0) is 104 Å². The van der Waals surface area contributed by atoms with Gasteiger partial charge in [-0.25, -0.2) is 0 Å². The lowest BCUT2D eigenvalue weighted by atomic mass is 9.55. The predicted octanol–water partition coefficient (Wildman–Crippen LogP) is 4.22. The van der Waals surface area contributed by atoms with E-state index in [4.69, 9.17) is 18.9 Å². The van der Waals surface area contributed by atoms with Crippen molar-refractivity contribution in [1.29, 1.82) is 0 Å². The molecule has 2 heterocycles. The van der Waals surface area contributed by atoms with Crippen LogP contribution in [0.15, 0.2) is 24.3 Å². The van der Waals surface area contributed by atoms with Crippen LogP contribution in [0.4, 0.5) is 0 Å². The normalized spacial score (nSPS) is 33.6. The van der Waals surface area contributed by atoms with Crippen molar-refractivity contribution >= 4 is 0 Å². The minimum atomic E-state index is -0.595. The van der Waals surface area contributed by atoms with Crippen LogP contribution >= 0.6 is 0 Å². The first-order valence-electron chi connectivity index (χ1n) is 14.7. The van der Waals surface area contributed by atoms with Crippen LogP contribution in [0.5, 0.6) is 23.0 Å². The average molecular weight is 546 g/mol. The Hall–Kier alpha value is -2.92. The largest absolute Gasteiger partial charge is 0.492 e. The summed E-state index contributed by atoms with van der Waals surface area (Å²) in [5.74, 6) is 11.1. The van der Waals surface area contributed by atoms with Crippen molar-refractivity contribution in [3.05, 3.63) is 46.5 Å². The van der Waals surface area contributed by atoms with Crippen LogP contribution in [-0.4, -0.2) is 61.4 Å². The molecule has 2 saturated carbocycles. The fraction of sp³-hybridized carbons (Fsp3) is 0.576. The third-order valence-electron chi connectivity index (χ3n) is 10.6. The fourth-order valence-electron chi connectivity index (χ4n) is 8.51. The van der Waals surface area contributed by atoms with E-state index in [1.165, 1.54) is 16.7 Å². The molecule has 0 aromatic heterocycles. The highest BCUT2D eigenvalue weighted by molar-refractivity contribution is 5.63. The first-order valence-corrected chi connectivity index (χ1v) is 14.7. The van der Waals surface area contributed by atoms with E-state index < -0.39 is 12.2 Å². The second kappa shape index (κ2) is 9.87. The van der Waals surface area contributed by atoms with E-state index in [2.05, 4.69) is 55.0 Å². The molecule has 5 aliphatic rings. The first-order chi connectivity index (χ1) is 19.4. The summed E-state index contributed by atoms with van der Waals surface area (Å²) in [5, 5.41) is 21.1. The summed E-state index contributed by atoms with van der Waals surface area (Å²) < 4.78 is 23.2. The van der Waals surface area contributed by atoms with E-state index in [9.17, 15) is 10.2 Å². The van der Waals surface area contributed by atoms with Crippen molar-refractivity contribution < 1.29 is 29.2 Å². The monoisotopic (exact) mass is 545 g/mol. The SMILES string of the molecule is COc1c2c(cc3c1[C@H](C#CCOc1ccc4c(c1)CC[C@H]1[C@H]5C[C@@H](O)[C@H](O)[C@@]5(C)CC[C@@H]41)N(C)CC3)OCO2. The molecule has 2 aromatic carbocycles. The third-order valence-corrected chi connectivity index (χ3v) is 10.6. The summed E-state index contributed by atoms with van der Waals surface area (Å²) in [7, 11) is 3.76. The zero-order chi connectivity index (χ0) is 27.6. The van der Waals surface area contributed by atoms with Crippen LogP contribution in [0.2, 0.25) is 0 Å². The number of benzene rings is 2. The quantitative estimate of drug-likeness (QED) is 0.559. The summed E-state index contributed by atoms with van der Waals surface area (Å²) in [5.41, 5.74) is 4.90. The Morgan fingerprint density at radius 3 is 2.85 bits per heavy atom. The number of aliphatic hydroxyl groups is 2. The summed E-state index contributed by atoms with van der Waals surface area (Å²) >= 11 is 0. The molecule has 0 bridgehead atoms. The molecule has 0 unspecified atom stereocenters. The zero-order valence-electron chi connectivity index (χ0n) is 23.6. The van der Waals surface area contributed by atoms with Crippen molar-refractivity contribution in [3.63, 3.8) is 0 Å². The van der Waals surface area contributed by atoms with E-state index in [1.54, 1.807) is 7.11 Å². The molecule has 0 amide bonds. The number of hydrogen-bond acceptors (Lipinski definition) is 7. The summed E-state index contributed by atoms with van der Waals surface area (Å²) in [6.45, 7) is 3.62. The van der Waals surface area contributed by atoms with Gasteiger partial charge in [0.05, 0.1) is 19.3 Å². The van der Waals surface area contributed by atoms with Crippen molar-refractivity contribution in [3.8, 4) is 34.8 Å². The Balaban J connectivity index is 1.06. The second-order valence-electron chi connectivity index (χ2n) is 12.5. The van der Waals surface area contributed by atoms with Gasteiger partial charge in [0.25, 0.3) is 0 Å². The van der Waals surface area contributed by atoms with Crippen molar-refractivity contribution in [2.45, 2.75) is 69.6 Å². The van der Waals surface area contributed by atoms with Crippen LogP contribution < -0.4 is 18.9 Å². The molecular formula is C33H39NO6. The lowest BCUT2D eigenvalue weighted by molar-refractivity contribution is -0.0505. The highest BCUT2D eigenvalue weighted by Gasteiger charge is 2.57. The molecule has 7 nitrogen and oxygen atoms in total. The molecule has 3 aliphatic carbocycles. The van der Waals surface area contributed by atoms with Gasteiger partial charge >= 0.3 is 0 Å². The number of hydrogen-bond donors (Lipinski definition) is 2. The first kappa shape index (κ1) is 26.0. The average Bonchev–Trinajstić information content (AvgIpc) is 3.52. The maximum atomic E-state index is 10.7. The molecule has 0 spiro atoms. The number of nitrogens with zero attached hydrogens (tertiary/aromatic N) is 1.